The van der Waals surface area contributed by atoms with Gasteiger partial charge >= 0.3 is 0 Å². The summed E-state index contributed by atoms with van der Waals surface area (Å²) in [5, 5.41) is 10.0. The number of sulfonamides is 1. The number of rotatable bonds is 6. The molecule has 1 heterocycles. The number of nitrogens with one attached hydrogen (secondary N) is 1. The van der Waals surface area contributed by atoms with Gasteiger partial charge in [-0.25, -0.2) is 8.42 Å². The van der Waals surface area contributed by atoms with Gasteiger partial charge in [0.1, 0.15) is 11.5 Å². The van der Waals surface area contributed by atoms with E-state index in [1.807, 2.05) is 0 Å². The smallest absolute Gasteiger partial charge is 0.250 e. The van der Waals surface area contributed by atoms with Crippen LogP contribution in [0.5, 0.6) is 11.5 Å². The zero-order valence-corrected chi connectivity index (χ0v) is 14.6. The lowest BCUT2D eigenvalue weighted by molar-refractivity contribution is -0.132. The summed E-state index contributed by atoms with van der Waals surface area (Å²) in [4.78, 5) is 12.6. The summed E-state index contributed by atoms with van der Waals surface area (Å²) < 4.78 is 41.5. The van der Waals surface area contributed by atoms with Gasteiger partial charge in [-0.1, -0.05) is 6.07 Å². The van der Waals surface area contributed by atoms with E-state index in [0.717, 1.165) is 0 Å². The standard InChI is InChI=1S/C15H19NO7S/c1-5-24(19,20)16-14-12(17)13(18)15(2,23-14)11-9(21-3)7-6-8-10(11)22-4/h6-8,16-17H,5H2,1-4H3. The molecule has 0 spiro atoms. The van der Waals surface area contributed by atoms with Gasteiger partial charge in [-0.05, 0) is 26.0 Å². The fraction of sp³-hybridized carbons (Fsp3) is 0.400. The number of carbonyl (C=O) groups is 1. The second kappa shape index (κ2) is 6.23. The highest BCUT2D eigenvalue weighted by atomic mass is 32.2. The van der Waals surface area contributed by atoms with E-state index in [4.69, 9.17) is 14.2 Å². The molecule has 24 heavy (non-hydrogen) atoms. The Morgan fingerprint density at radius 1 is 1.25 bits per heavy atom. The fourth-order valence-corrected chi connectivity index (χ4v) is 2.96. The van der Waals surface area contributed by atoms with Gasteiger partial charge < -0.3 is 19.3 Å². The van der Waals surface area contributed by atoms with Crippen LogP contribution in [0.4, 0.5) is 0 Å². The van der Waals surface area contributed by atoms with Gasteiger partial charge in [0.25, 0.3) is 5.78 Å². The van der Waals surface area contributed by atoms with E-state index >= 15 is 0 Å². The third kappa shape index (κ3) is 2.86. The first-order chi connectivity index (χ1) is 11.2. The summed E-state index contributed by atoms with van der Waals surface area (Å²) in [6.45, 7) is 2.82. The average Bonchev–Trinajstić information content (AvgIpc) is 2.78. The Bertz CT molecular complexity index is 778. The molecule has 0 radical (unpaired) electrons. The van der Waals surface area contributed by atoms with Crippen molar-refractivity contribution in [1.29, 1.82) is 0 Å². The zero-order valence-electron chi connectivity index (χ0n) is 13.7. The van der Waals surface area contributed by atoms with Crippen molar-refractivity contribution in [2.45, 2.75) is 19.4 Å². The molecule has 0 saturated heterocycles. The number of ether oxygens (including phenoxy) is 3. The molecule has 0 saturated carbocycles. The van der Waals surface area contributed by atoms with E-state index in [9.17, 15) is 18.3 Å². The maximum absolute atomic E-state index is 12.6. The van der Waals surface area contributed by atoms with Crippen LogP contribution in [-0.4, -0.2) is 39.3 Å². The minimum absolute atomic E-state index is 0.240. The van der Waals surface area contributed by atoms with Gasteiger partial charge in [0, 0.05) is 0 Å². The lowest BCUT2D eigenvalue weighted by Crippen LogP contribution is -2.33. The highest BCUT2D eigenvalue weighted by molar-refractivity contribution is 7.89. The van der Waals surface area contributed by atoms with Gasteiger partial charge in [0.2, 0.25) is 27.3 Å². The number of methoxy groups -OCH3 is 2. The molecule has 1 aliphatic rings. The van der Waals surface area contributed by atoms with Gasteiger partial charge in [-0.2, -0.15) is 0 Å². The van der Waals surface area contributed by atoms with Crippen LogP contribution in [0.15, 0.2) is 29.8 Å². The molecule has 0 aliphatic carbocycles. The first-order valence-electron chi connectivity index (χ1n) is 7.09. The van der Waals surface area contributed by atoms with E-state index in [0.29, 0.717) is 11.5 Å². The molecular formula is C15H19NO7S. The normalized spacial score (nSPS) is 20.8. The predicted molar refractivity (Wildman–Crippen MR) is 85.2 cm³/mol. The molecule has 1 aliphatic heterocycles. The van der Waals surface area contributed by atoms with Crippen LogP contribution < -0.4 is 14.2 Å². The second-order valence-corrected chi connectivity index (χ2v) is 7.20. The molecule has 0 aromatic heterocycles. The summed E-state index contributed by atoms with van der Waals surface area (Å²) in [6.07, 6.45) is 0. The number of Topliss-reactive ketones (excluding diaryl/α,β-unsaturated/α-hetero) is 1. The number of hydrogen-bond donors (Lipinski definition) is 2. The molecular weight excluding hydrogens is 338 g/mol. The predicted octanol–water partition coefficient (Wildman–Crippen LogP) is 1.18. The largest absolute Gasteiger partial charge is 0.501 e. The maximum Gasteiger partial charge on any atom is 0.250 e. The first-order valence-corrected chi connectivity index (χ1v) is 8.74. The van der Waals surface area contributed by atoms with Crippen LogP contribution in [0.3, 0.4) is 0 Å². The quantitative estimate of drug-likeness (QED) is 0.786. The molecule has 2 rings (SSSR count). The average molecular weight is 357 g/mol. The van der Waals surface area contributed by atoms with Crippen LogP contribution in [0.2, 0.25) is 0 Å². The van der Waals surface area contributed by atoms with Crippen LogP contribution in [0.1, 0.15) is 19.4 Å². The summed E-state index contributed by atoms with van der Waals surface area (Å²) in [5.74, 6) is -1.76. The Morgan fingerprint density at radius 2 is 1.79 bits per heavy atom. The van der Waals surface area contributed by atoms with Crippen molar-refractivity contribution in [3.05, 3.63) is 35.4 Å². The van der Waals surface area contributed by atoms with Gasteiger partial charge in [0.15, 0.2) is 0 Å². The Labute approximate surface area is 140 Å². The van der Waals surface area contributed by atoms with E-state index in [-0.39, 0.29) is 11.3 Å². The van der Waals surface area contributed by atoms with E-state index in [1.165, 1.54) is 28.1 Å². The van der Waals surface area contributed by atoms with Gasteiger partial charge in [0.05, 0.1) is 25.5 Å². The number of benzene rings is 1. The van der Waals surface area contributed by atoms with Crippen LogP contribution >= 0.6 is 0 Å². The van der Waals surface area contributed by atoms with E-state index < -0.39 is 33.0 Å². The summed E-state index contributed by atoms with van der Waals surface area (Å²) in [5.41, 5.74) is -1.45. The van der Waals surface area contributed by atoms with Crippen molar-refractivity contribution in [3.8, 4) is 11.5 Å². The number of aliphatic hydroxyl groups excluding tert-OH is 1. The highest BCUT2D eigenvalue weighted by Gasteiger charge is 2.51. The lowest BCUT2D eigenvalue weighted by Gasteiger charge is -2.27. The van der Waals surface area contributed by atoms with E-state index in [2.05, 4.69) is 4.72 Å². The Morgan fingerprint density at radius 3 is 2.25 bits per heavy atom. The van der Waals surface area contributed by atoms with Crippen molar-refractivity contribution in [3.63, 3.8) is 0 Å². The Hall–Kier alpha value is -2.42. The molecule has 132 valence electrons. The number of carbonyl (C=O) groups excluding carboxylic acids is 1. The molecule has 1 atom stereocenters. The number of ketones is 1. The third-order valence-corrected chi connectivity index (χ3v) is 4.96. The van der Waals surface area contributed by atoms with Crippen LogP contribution in [0, 0.1) is 0 Å². The molecule has 1 unspecified atom stereocenters. The lowest BCUT2D eigenvalue weighted by atomic mass is 9.90. The Balaban J connectivity index is 2.53. The van der Waals surface area contributed by atoms with Crippen LogP contribution in [0.25, 0.3) is 0 Å². The van der Waals surface area contributed by atoms with Gasteiger partial charge in [-0.3, -0.25) is 9.52 Å². The van der Waals surface area contributed by atoms with Crippen molar-refractivity contribution < 1.29 is 32.5 Å². The molecule has 1 aromatic carbocycles. The number of hydrogen-bond acceptors (Lipinski definition) is 7. The molecule has 0 fully saturated rings. The van der Waals surface area contributed by atoms with Crippen molar-refractivity contribution in [2.75, 3.05) is 20.0 Å². The fourth-order valence-electron chi connectivity index (χ4n) is 2.40. The molecule has 2 N–H and O–H groups in total. The molecule has 0 amide bonds. The Kier molecular flexibility index (Phi) is 4.66. The van der Waals surface area contributed by atoms with Crippen LogP contribution in [-0.2, 0) is 25.2 Å². The van der Waals surface area contributed by atoms with E-state index in [1.54, 1.807) is 18.2 Å². The zero-order chi connectivity index (χ0) is 18.1. The molecule has 1 aromatic rings. The van der Waals surface area contributed by atoms with Gasteiger partial charge in [-0.15, -0.1) is 0 Å². The molecule has 0 bridgehead atoms. The molecule has 9 heteroatoms. The second-order valence-electron chi connectivity index (χ2n) is 5.19. The minimum atomic E-state index is -3.73. The highest BCUT2D eigenvalue weighted by Crippen LogP contribution is 2.45. The SMILES string of the molecule is CCS(=O)(=O)NC1=C(O)C(=O)C(C)(c2c(OC)cccc2OC)O1. The molecule has 8 nitrogen and oxygen atoms in total. The maximum atomic E-state index is 12.6. The number of aliphatic hydroxyl groups is 1. The van der Waals surface area contributed by atoms with Crippen molar-refractivity contribution >= 4 is 15.8 Å². The summed E-state index contributed by atoms with van der Waals surface area (Å²) in [7, 11) is -0.907. The summed E-state index contributed by atoms with van der Waals surface area (Å²) in [6, 6.07) is 4.87. The third-order valence-electron chi connectivity index (χ3n) is 3.70. The first kappa shape index (κ1) is 17.9. The summed E-state index contributed by atoms with van der Waals surface area (Å²) >= 11 is 0. The monoisotopic (exact) mass is 357 g/mol. The topological polar surface area (TPSA) is 111 Å². The minimum Gasteiger partial charge on any atom is -0.501 e. The van der Waals surface area contributed by atoms with Crippen molar-refractivity contribution in [1.82, 2.24) is 4.72 Å². The van der Waals surface area contributed by atoms with Crippen molar-refractivity contribution in [2.24, 2.45) is 0 Å².